The van der Waals surface area contributed by atoms with Crippen LogP contribution in [0.2, 0.25) is 0 Å². The van der Waals surface area contributed by atoms with E-state index in [-0.39, 0.29) is 0 Å². The largest absolute Gasteiger partial charge is 0.265 e. The summed E-state index contributed by atoms with van der Waals surface area (Å²) < 4.78 is 0.991. The Balaban J connectivity index is 2.12. The van der Waals surface area contributed by atoms with E-state index in [1.165, 1.54) is 11.1 Å². The van der Waals surface area contributed by atoms with Gasteiger partial charge in [0.25, 0.3) is 0 Å². The molecule has 0 aliphatic heterocycles. The average molecular weight is 358 g/mol. The van der Waals surface area contributed by atoms with E-state index in [0.717, 1.165) is 15.0 Å². The molecule has 2 nitrogen and oxygen atoms in total. The molecule has 0 spiro atoms. The minimum absolute atomic E-state index is 0.980. The van der Waals surface area contributed by atoms with Crippen LogP contribution < -0.4 is 0 Å². The number of aromatic nitrogens is 2. The second-order valence-corrected chi connectivity index (χ2v) is 5.27. The molecule has 3 aromatic rings. The summed E-state index contributed by atoms with van der Waals surface area (Å²) in [5, 5.41) is 0. The predicted octanol–water partition coefficient (Wildman–Crippen LogP) is 4.42. The summed E-state index contributed by atoms with van der Waals surface area (Å²) in [6.07, 6.45) is 3.58. The number of halogens is 1. The molecule has 92 valence electrons. The maximum Gasteiger partial charge on any atom is 0.102 e. The summed E-state index contributed by atoms with van der Waals surface area (Å²) >= 11 is 2.26. The lowest BCUT2D eigenvalue weighted by Crippen LogP contribution is -1.89. The van der Waals surface area contributed by atoms with E-state index >= 15 is 0 Å². The molecule has 0 atom stereocenters. The highest BCUT2D eigenvalue weighted by Gasteiger charge is 2.05. The molecule has 0 saturated carbocycles. The molecule has 19 heavy (non-hydrogen) atoms. The van der Waals surface area contributed by atoms with E-state index < -0.39 is 0 Å². The van der Waals surface area contributed by atoms with Crippen LogP contribution in [-0.4, -0.2) is 9.97 Å². The van der Waals surface area contributed by atoms with Gasteiger partial charge in [-0.25, -0.2) is 4.98 Å². The third-order valence-electron chi connectivity index (χ3n) is 2.88. The summed E-state index contributed by atoms with van der Waals surface area (Å²) in [5.74, 6) is 0. The van der Waals surface area contributed by atoms with Crippen LogP contribution in [0.5, 0.6) is 0 Å². The highest BCUT2D eigenvalue weighted by Crippen LogP contribution is 2.26. The number of rotatable bonds is 2. The Kier molecular flexibility index (Phi) is 3.55. The zero-order chi connectivity index (χ0) is 13.1. The minimum atomic E-state index is 0.980. The summed E-state index contributed by atoms with van der Waals surface area (Å²) in [6, 6.07) is 18.5. The van der Waals surface area contributed by atoms with Crippen LogP contribution in [-0.2, 0) is 0 Å². The lowest BCUT2D eigenvalue weighted by Gasteiger charge is -2.06. The summed E-state index contributed by atoms with van der Waals surface area (Å²) in [5.41, 5.74) is 4.46. The second-order valence-electron chi connectivity index (χ2n) is 4.17. The van der Waals surface area contributed by atoms with Gasteiger partial charge >= 0.3 is 0 Å². The van der Waals surface area contributed by atoms with E-state index in [9.17, 15) is 0 Å². The Hall–Kier alpha value is -1.75. The normalized spacial score (nSPS) is 10.4. The molecule has 0 N–H and O–H groups in total. The fraction of sp³-hybridized carbons (Fsp3) is 0. The zero-order valence-electron chi connectivity index (χ0n) is 10.1. The molecule has 1 aromatic carbocycles. The van der Waals surface area contributed by atoms with Gasteiger partial charge < -0.3 is 0 Å². The van der Waals surface area contributed by atoms with Crippen LogP contribution in [0, 0.1) is 3.70 Å². The van der Waals surface area contributed by atoms with Gasteiger partial charge in [0.05, 0.1) is 5.69 Å². The summed E-state index contributed by atoms with van der Waals surface area (Å²) in [6.45, 7) is 0. The Morgan fingerprint density at radius 2 is 1.47 bits per heavy atom. The van der Waals surface area contributed by atoms with Gasteiger partial charge in [-0.2, -0.15) is 0 Å². The number of pyridine rings is 2. The monoisotopic (exact) mass is 358 g/mol. The first-order chi connectivity index (χ1) is 9.33. The minimum Gasteiger partial charge on any atom is -0.265 e. The third-order valence-corrected chi connectivity index (χ3v) is 3.43. The van der Waals surface area contributed by atoms with Crippen molar-refractivity contribution in [2.75, 3.05) is 0 Å². The van der Waals surface area contributed by atoms with Crippen molar-refractivity contribution in [1.82, 2.24) is 9.97 Å². The van der Waals surface area contributed by atoms with Crippen molar-refractivity contribution < 1.29 is 0 Å². The van der Waals surface area contributed by atoms with Crippen LogP contribution in [0.4, 0.5) is 0 Å². The smallest absolute Gasteiger partial charge is 0.102 e. The molecular weight excluding hydrogens is 347 g/mol. The quantitative estimate of drug-likeness (QED) is 0.501. The standard InChI is InChI=1S/C16H11IN2/c17-16-11-14(12-4-2-1-3-5-12)10-15(19-16)13-6-8-18-9-7-13/h1-11H. The fourth-order valence-electron chi connectivity index (χ4n) is 1.96. The SMILES string of the molecule is Ic1cc(-c2ccccc2)cc(-c2ccncc2)n1. The van der Waals surface area contributed by atoms with E-state index in [1.807, 2.05) is 18.2 Å². The van der Waals surface area contributed by atoms with Crippen LogP contribution in [0.1, 0.15) is 0 Å². The molecule has 0 bridgehead atoms. The lowest BCUT2D eigenvalue weighted by atomic mass is 10.0. The van der Waals surface area contributed by atoms with E-state index in [4.69, 9.17) is 0 Å². The summed E-state index contributed by atoms with van der Waals surface area (Å²) in [7, 11) is 0. The predicted molar refractivity (Wildman–Crippen MR) is 85.6 cm³/mol. The second kappa shape index (κ2) is 5.48. The lowest BCUT2D eigenvalue weighted by molar-refractivity contribution is 1.26. The molecule has 0 radical (unpaired) electrons. The van der Waals surface area contributed by atoms with Gasteiger partial charge in [-0.15, -0.1) is 0 Å². The molecule has 3 rings (SSSR count). The molecule has 2 aromatic heterocycles. The molecule has 0 unspecified atom stereocenters. The Morgan fingerprint density at radius 3 is 2.21 bits per heavy atom. The first-order valence-electron chi connectivity index (χ1n) is 5.96. The number of hydrogen-bond acceptors (Lipinski definition) is 2. The maximum absolute atomic E-state index is 4.59. The molecule has 0 aliphatic rings. The molecule has 2 heterocycles. The zero-order valence-corrected chi connectivity index (χ0v) is 12.3. The van der Waals surface area contributed by atoms with Crippen molar-refractivity contribution in [1.29, 1.82) is 0 Å². The Labute approximate surface area is 125 Å². The van der Waals surface area contributed by atoms with Crippen LogP contribution in [0.15, 0.2) is 67.0 Å². The van der Waals surface area contributed by atoms with E-state index in [2.05, 4.69) is 69.0 Å². The van der Waals surface area contributed by atoms with E-state index in [0.29, 0.717) is 0 Å². The topological polar surface area (TPSA) is 25.8 Å². The third kappa shape index (κ3) is 2.81. The van der Waals surface area contributed by atoms with Crippen molar-refractivity contribution in [3.63, 3.8) is 0 Å². The first kappa shape index (κ1) is 12.3. The first-order valence-corrected chi connectivity index (χ1v) is 7.04. The van der Waals surface area contributed by atoms with Gasteiger partial charge in [0.2, 0.25) is 0 Å². The van der Waals surface area contributed by atoms with Gasteiger partial charge in [-0.3, -0.25) is 4.98 Å². The van der Waals surface area contributed by atoms with Gasteiger partial charge in [0.1, 0.15) is 3.70 Å². The fourth-order valence-corrected chi connectivity index (χ4v) is 2.56. The van der Waals surface area contributed by atoms with Crippen molar-refractivity contribution in [3.8, 4) is 22.4 Å². The molecule has 3 heteroatoms. The molecule has 0 amide bonds. The number of nitrogens with zero attached hydrogens (tertiary/aromatic N) is 2. The van der Waals surface area contributed by atoms with Crippen LogP contribution in [0.25, 0.3) is 22.4 Å². The molecular formula is C16H11IN2. The van der Waals surface area contributed by atoms with Crippen molar-refractivity contribution in [2.45, 2.75) is 0 Å². The molecule has 0 fully saturated rings. The number of hydrogen-bond donors (Lipinski definition) is 0. The van der Waals surface area contributed by atoms with Crippen molar-refractivity contribution in [2.24, 2.45) is 0 Å². The Morgan fingerprint density at radius 1 is 0.737 bits per heavy atom. The van der Waals surface area contributed by atoms with Crippen molar-refractivity contribution >= 4 is 22.6 Å². The van der Waals surface area contributed by atoms with Gasteiger partial charge in [-0.1, -0.05) is 30.3 Å². The van der Waals surface area contributed by atoms with Crippen LogP contribution in [0.3, 0.4) is 0 Å². The molecule has 0 aliphatic carbocycles. The van der Waals surface area contributed by atoms with Crippen LogP contribution >= 0.6 is 22.6 Å². The Bertz CT molecular complexity index is 624. The number of benzene rings is 1. The highest BCUT2D eigenvalue weighted by atomic mass is 127. The average Bonchev–Trinajstić information content (AvgIpc) is 2.48. The maximum atomic E-state index is 4.59. The van der Waals surface area contributed by atoms with Gasteiger partial charge in [-0.05, 0) is 58.0 Å². The van der Waals surface area contributed by atoms with Crippen molar-refractivity contribution in [3.05, 3.63) is 70.7 Å². The highest BCUT2D eigenvalue weighted by molar-refractivity contribution is 14.1. The van der Waals surface area contributed by atoms with Gasteiger partial charge in [0, 0.05) is 18.0 Å². The molecule has 0 saturated heterocycles. The summed E-state index contributed by atoms with van der Waals surface area (Å²) in [4.78, 5) is 8.63. The van der Waals surface area contributed by atoms with E-state index in [1.54, 1.807) is 12.4 Å². The van der Waals surface area contributed by atoms with Gasteiger partial charge in [0.15, 0.2) is 0 Å².